The van der Waals surface area contributed by atoms with Crippen LogP contribution in [0.15, 0.2) is 58.5 Å². The van der Waals surface area contributed by atoms with E-state index in [2.05, 4.69) is 51.6 Å². The van der Waals surface area contributed by atoms with Crippen molar-refractivity contribution in [2.45, 2.75) is 0 Å². The first-order valence-electron chi connectivity index (χ1n) is 6.06. The van der Waals surface area contributed by atoms with Crippen molar-refractivity contribution in [3.8, 4) is 0 Å². The molecule has 0 heterocycles. The first-order chi connectivity index (χ1) is 11.3. The van der Waals surface area contributed by atoms with E-state index in [1.165, 1.54) is 18.2 Å². The number of rotatable bonds is 1. The van der Waals surface area contributed by atoms with Crippen LogP contribution in [0.4, 0.5) is 8.78 Å². The van der Waals surface area contributed by atoms with Crippen molar-refractivity contribution in [1.29, 1.82) is 0 Å². The summed E-state index contributed by atoms with van der Waals surface area (Å²) in [5, 5.41) is 0. The van der Waals surface area contributed by atoms with E-state index in [-0.39, 0.29) is 47.1 Å². The monoisotopic (exact) mass is 720 g/mol. The van der Waals surface area contributed by atoms with Gasteiger partial charge in [-0.25, -0.2) is 8.78 Å². The van der Waals surface area contributed by atoms with E-state index in [1.807, 2.05) is 28.7 Å². The number of hydrogen-bond donors (Lipinski definition) is 0. The number of hydrogen-bond acceptors (Lipinski definition) is 0. The Bertz CT molecular complexity index is 640. The van der Waals surface area contributed by atoms with Crippen LogP contribution in [0.25, 0.3) is 6.08 Å². The van der Waals surface area contributed by atoms with Crippen LogP contribution in [0.1, 0.15) is 5.56 Å². The molecule has 0 radical (unpaired) electrons. The fourth-order valence-electron chi connectivity index (χ4n) is 1.14. The molecule has 0 nitrogen and oxygen atoms in total. The van der Waals surface area contributed by atoms with Crippen molar-refractivity contribution in [3.63, 3.8) is 0 Å². The summed E-state index contributed by atoms with van der Waals surface area (Å²) in [6.45, 7) is 10.5. The summed E-state index contributed by atoms with van der Waals surface area (Å²) in [5.41, 5.74) is 0.531. The molecule has 10 heteroatoms. The molecular formula is C16H12Br2Cl3F2IMgZn. The molecule has 0 aromatic heterocycles. The second-order valence-corrected chi connectivity index (χ2v) is 11.1. The van der Waals surface area contributed by atoms with Gasteiger partial charge in [0.2, 0.25) is 0 Å². The molecule has 0 unspecified atom stereocenters. The largest absolute Gasteiger partial charge is 2.00 e. The van der Waals surface area contributed by atoms with Gasteiger partial charge in [-0.3, -0.25) is 6.58 Å². The van der Waals surface area contributed by atoms with E-state index >= 15 is 0 Å². The van der Waals surface area contributed by atoms with Crippen LogP contribution in [0.3, 0.4) is 0 Å². The van der Waals surface area contributed by atoms with Gasteiger partial charge in [-0.1, -0.05) is 50.6 Å². The van der Waals surface area contributed by atoms with Gasteiger partial charge in [0.25, 0.3) is 0 Å². The van der Waals surface area contributed by atoms with Crippen LogP contribution in [-0.4, -0.2) is 23.1 Å². The standard InChI is InChI=1S/C8H6BrF.C6H3BrFI.C2H3.3ClH.Mg.Zn/c1-2-6-3-4-7(9)5-8(6)10;7-4-1-2-6(9)5(8)3-4;1-2;;;;;/h2-5H,1H2;1-3H;1H,2H2;3*1H;;/q;;-1;;;;2*+2/p-3. The van der Waals surface area contributed by atoms with Crippen molar-refractivity contribution in [2.75, 3.05) is 0 Å². The van der Waals surface area contributed by atoms with E-state index in [1.54, 1.807) is 18.2 Å². The summed E-state index contributed by atoms with van der Waals surface area (Å²) < 4.78 is 27.5. The summed E-state index contributed by atoms with van der Waals surface area (Å²) in [4.78, 5) is 0. The molecule has 0 spiro atoms. The summed E-state index contributed by atoms with van der Waals surface area (Å²) in [7, 11) is 9.90. The minimum Gasteiger partial charge on any atom is 2.00 e. The average Bonchev–Trinajstić information content (AvgIpc) is 2.55. The first kappa shape index (κ1) is 35.2. The zero-order valence-electron chi connectivity index (χ0n) is 13.5. The fraction of sp³-hybridized carbons (Fsp3) is 0. The topological polar surface area (TPSA) is 0 Å². The maximum absolute atomic E-state index is 12.7. The molecule has 0 saturated carbocycles. The molecule has 0 fully saturated rings. The minimum atomic E-state index is -0.931. The molecular weight excluding hydrogens is 713 g/mol. The summed E-state index contributed by atoms with van der Waals surface area (Å²) in [5.74, 6) is -0.422. The summed E-state index contributed by atoms with van der Waals surface area (Å²) >= 11 is 7.32. The Labute approximate surface area is 222 Å². The van der Waals surface area contributed by atoms with Crippen molar-refractivity contribution < 1.29 is 36.3 Å². The molecule has 0 N–H and O–H groups in total. The van der Waals surface area contributed by atoms with Crippen LogP contribution in [0.5, 0.6) is 0 Å². The molecule has 0 amide bonds. The Morgan fingerprint density at radius 2 is 1.38 bits per heavy atom. The van der Waals surface area contributed by atoms with Gasteiger partial charge >= 0.3 is 57.6 Å². The minimum absolute atomic E-state index is 0. The maximum atomic E-state index is 12.7. The van der Waals surface area contributed by atoms with Gasteiger partial charge in [-0.2, -0.15) is 0 Å². The smallest absolute Gasteiger partial charge is 2.00 e. The van der Waals surface area contributed by atoms with Gasteiger partial charge < -0.3 is 19.0 Å². The number of halogens is 8. The predicted octanol–water partition coefficient (Wildman–Crippen LogP) is 5.03. The first-order valence-corrected chi connectivity index (χ1v) is 16.5. The summed E-state index contributed by atoms with van der Waals surface area (Å²) in [6.07, 6.45) is 1.49. The summed E-state index contributed by atoms with van der Waals surface area (Å²) in [6, 6.07) is 9.84. The van der Waals surface area contributed by atoms with Crippen LogP contribution in [0.2, 0.25) is 0 Å². The number of benzene rings is 2. The van der Waals surface area contributed by atoms with Gasteiger partial charge in [0.05, 0.1) is 0 Å². The van der Waals surface area contributed by atoms with Gasteiger partial charge in [-0.05, 0) is 52.9 Å². The van der Waals surface area contributed by atoms with Crippen LogP contribution in [0, 0.1) is 21.8 Å². The zero-order chi connectivity index (χ0) is 19.1. The second kappa shape index (κ2) is 23.0. The Hall–Kier alpha value is 1.73. The molecule has 0 aliphatic rings. The fourth-order valence-corrected chi connectivity index (χ4v) is 2.14. The van der Waals surface area contributed by atoms with Gasteiger partial charge in [0.15, 0.2) is 0 Å². The van der Waals surface area contributed by atoms with Crippen LogP contribution < -0.4 is 12.4 Å². The van der Waals surface area contributed by atoms with Gasteiger partial charge in [0.1, 0.15) is 11.6 Å². The Kier molecular flexibility index (Phi) is 31.1. The third-order valence-corrected chi connectivity index (χ3v) is 3.93. The molecule has 0 saturated heterocycles. The molecule has 2 rings (SSSR count). The molecule has 2 aromatic carbocycles. The average molecular weight is 725 g/mol. The molecule has 0 atom stereocenters. The third kappa shape index (κ3) is 17.8. The van der Waals surface area contributed by atoms with E-state index in [0.29, 0.717) is 9.13 Å². The molecule has 2 aromatic rings. The Morgan fingerprint density at radius 1 is 1.00 bits per heavy atom. The van der Waals surface area contributed by atoms with Gasteiger partial charge in [0, 0.05) is 18.1 Å². The molecule has 0 aliphatic carbocycles. The van der Waals surface area contributed by atoms with E-state index in [0.717, 1.165) is 8.95 Å². The third-order valence-electron chi connectivity index (χ3n) is 2.06. The predicted molar refractivity (Wildman–Crippen MR) is 118 cm³/mol. The Morgan fingerprint density at radius 3 is 1.69 bits per heavy atom. The van der Waals surface area contributed by atoms with Crippen molar-refractivity contribution in [2.24, 2.45) is 0 Å². The SMILES string of the molecule is C=Cc1ccc(Br)cc1F.Fc1cc(Br)ccc1I.[CH-]=C.[Cl-].[Cl][Zn][Cl].[Mg+2]. The molecule has 136 valence electrons. The van der Waals surface area contributed by atoms with E-state index < -0.39 is 15.1 Å². The van der Waals surface area contributed by atoms with E-state index in [4.69, 9.17) is 19.4 Å². The normalized spacial score (nSPS) is 7.50. The maximum Gasteiger partial charge on any atom is 2.00 e. The zero-order valence-corrected chi connectivity index (χ0v) is 25.4. The van der Waals surface area contributed by atoms with Crippen LogP contribution >= 0.6 is 73.8 Å². The van der Waals surface area contributed by atoms with E-state index in [9.17, 15) is 8.78 Å². The van der Waals surface area contributed by atoms with Crippen molar-refractivity contribution in [3.05, 3.63) is 85.8 Å². The van der Waals surface area contributed by atoms with Gasteiger partial charge in [-0.15, -0.1) is 0 Å². The van der Waals surface area contributed by atoms with Crippen LogP contribution in [-0.2, 0) is 15.1 Å². The molecule has 0 bridgehead atoms. The van der Waals surface area contributed by atoms with Crippen molar-refractivity contribution in [1.82, 2.24) is 0 Å². The Balaban J connectivity index is -0.000000141. The second-order valence-electron chi connectivity index (χ2n) is 3.53. The quantitative estimate of drug-likeness (QED) is 0.168. The molecule has 26 heavy (non-hydrogen) atoms. The van der Waals surface area contributed by atoms with Crippen molar-refractivity contribution >= 4 is 103 Å². The molecule has 0 aliphatic heterocycles.